The first-order valence-electron chi connectivity index (χ1n) is 11.8. The SMILES string of the molecule is CCC1=C(NCc2cc(O)c(N3CC(=O)NS3(=O)=O)c(F)c2)NCC(OC(=O)N2CCOCC2)CC1. The Hall–Kier alpha value is -3.26. The molecule has 3 aliphatic heterocycles. The van der Waals surface area contributed by atoms with Crippen LogP contribution in [0.3, 0.4) is 0 Å². The number of halogens is 1. The van der Waals surface area contributed by atoms with Crippen LogP contribution in [0.4, 0.5) is 14.9 Å². The maximum atomic E-state index is 14.8. The number of morpholine rings is 1. The second-order valence-corrected chi connectivity index (χ2v) is 10.3. The monoisotopic (exact) mass is 527 g/mol. The van der Waals surface area contributed by atoms with E-state index >= 15 is 0 Å². The molecular weight excluding hydrogens is 497 g/mol. The van der Waals surface area contributed by atoms with Gasteiger partial charge < -0.3 is 30.1 Å². The van der Waals surface area contributed by atoms with Gasteiger partial charge in [-0.3, -0.25) is 4.79 Å². The number of nitrogens with zero attached hydrogens (tertiary/aromatic N) is 2. The number of carbonyl (C=O) groups excluding carboxylic acids is 2. The molecule has 12 nitrogen and oxygen atoms in total. The van der Waals surface area contributed by atoms with Crippen molar-refractivity contribution in [3.05, 3.63) is 34.9 Å². The molecule has 0 aliphatic carbocycles. The molecule has 14 heteroatoms. The van der Waals surface area contributed by atoms with Gasteiger partial charge in [0.1, 0.15) is 24.1 Å². The highest BCUT2D eigenvalue weighted by atomic mass is 32.2. The largest absolute Gasteiger partial charge is 0.506 e. The molecule has 1 unspecified atom stereocenters. The third-order valence-electron chi connectivity index (χ3n) is 6.23. The highest BCUT2D eigenvalue weighted by Gasteiger charge is 2.37. The lowest BCUT2D eigenvalue weighted by Gasteiger charge is -2.28. The quantitative estimate of drug-likeness (QED) is 0.418. The zero-order valence-corrected chi connectivity index (χ0v) is 20.7. The van der Waals surface area contributed by atoms with Gasteiger partial charge in [-0.2, -0.15) is 8.42 Å². The molecule has 0 bridgehead atoms. The van der Waals surface area contributed by atoms with Gasteiger partial charge in [-0.25, -0.2) is 18.2 Å². The molecule has 2 fully saturated rings. The van der Waals surface area contributed by atoms with Gasteiger partial charge in [0, 0.05) is 19.6 Å². The van der Waals surface area contributed by atoms with Crippen molar-refractivity contribution in [3.63, 3.8) is 0 Å². The van der Waals surface area contributed by atoms with Crippen molar-refractivity contribution in [1.82, 2.24) is 20.3 Å². The van der Waals surface area contributed by atoms with E-state index in [1.165, 1.54) is 6.07 Å². The van der Waals surface area contributed by atoms with Gasteiger partial charge in [0.25, 0.3) is 5.91 Å². The number of amides is 2. The lowest BCUT2D eigenvalue weighted by atomic mass is 10.1. The number of nitrogens with one attached hydrogen (secondary N) is 3. The highest BCUT2D eigenvalue weighted by molar-refractivity contribution is 7.92. The summed E-state index contributed by atoms with van der Waals surface area (Å²) >= 11 is 0. The highest BCUT2D eigenvalue weighted by Crippen LogP contribution is 2.34. The van der Waals surface area contributed by atoms with Crippen LogP contribution in [-0.2, 0) is 31.0 Å². The minimum absolute atomic E-state index is 0.138. The predicted molar refractivity (Wildman–Crippen MR) is 127 cm³/mol. The van der Waals surface area contributed by atoms with Crippen LogP contribution in [0.1, 0.15) is 31.7 Å². The number of phenolic OH excluding ortho intramolecular Hbond substituents is 1. The third-order valence-corrected chi connectivity index (χ3v) is 7.61. The normalized spacial score (nSPS) is 22.1. The topological polar surface area (TPSA) is 150 Å². The average Bonchev–Trinajstić information content (AvgIpc) is 2.98. The van der Waals surface area contributed by atoms with Crippen LogP contribution < -0.4 is 19.7 Å². The minimum atomic E-state index is -4.26. The zero-order valence-electron chi connectivity index (χ0n) is 19.9. The van der Waals surface area contributed by atoms with Crippen molar-refractivity contribution in [3.8, 4) is 5.75 Å². The first-order chi connectivity index (χ1) is 17.2. The van der Waals surface area contributed by atoms with Crippen LogP contribution in [0.25, 0.3) is 0 Å². The van der Waals surface area contributed by atoms with Crippen LogP contribution in [0, 0.1) is 5.82 Å². The zero-order chi connectivity index (χ0) is 25.9. The average molecular weight is 528 g/mol. The van der Waals surface area contributed by atoms with Gasteiger partial charge in [0.15, 0.2) is 5.82 Å². The summed E-state index contributed by atoms with van der Waals surface area (Å²) < 4.78 is 52.1. The Bertz CT molecular complexity index is 1130. The molecule has 36 heavy (non-hydrogen) atoms. The molecule has 1 aromatic rings. The Balaban J connectivity index is 1.39. The Morgan fingerprint density at radius 1 is 1.33 bits per heavy atom. The van der Waals surface area contributed by atoms with E-state index in [1.54, 1.807) is 9.62 Å². The van der Waals surface area contributed by atoms with Crippen molar-refractivity contribution in [2.24, 2.45) is 0 Å². The molecule has 0 spiro atoms. The summed E-state index contributed by atoms with van der Waals surface area (Å²) in [6.45, 7) is 3.92. The van der Waals surface area contributed by atoms with Gasteiger partial charge in [0.2, 0.25) is 0 Å². The number of hydrogen-bond acceptors (Lipinski definition) is 9. The summed E-state index contributed by atoms with van der Waals surface area (Å²) in [5.41, 5.74) is 0.867. The molecule has 3 aliphatic rings. The van der Waals surface area contributed by atoms with E-state index in [9.17, 15) is 27.5 Å². The fourth-order valence-electron chi connectivity index (χ4n) is 4.33. The summed E-state index contributed by atoms with van der Waals surface area (Å²) in [5.74, 6) is -1.64. The van der Waals surface area contributed by atoms with Crippen LogP contribution in [-0.4, -0.2) is 75.9 Å². The third kappa shape index (κ3) is 5.75. The summed E-state index contributed by atoms with van der Waals surface area (Å²) in [5, 5.41) is 16.8. The van der Waals surface area contributed by atoms with Crippen molar-refractivity contribution in [1.29, 1.82) is 0 Å². The van der Waals surface area contributed by atoms with Crippen LogP contribution in [0.2, 0.25) is 0 Å². The maximum absolute atomic E-state index is 14.8. The number of ether oxygens (including phenoxy) is 2. The minimum Gasteiger partial charge on any atom is -0.506 e. The van der Waals surface area contributed by atoms with Crippen LogP contribution in [0.15, 0.2) is 23.5 Å². The summed E-state index contributed by atoms with van der Waals surface area (Å²) in [6, 6.07) is 2.36. The molecule has 4 N–H and O–H groups in total. The molecule has 0 aromatic heterocycles. The van der Waals surface area contributed by atoms with Crippen LogP contribution in [0.5, 0.6) is 5.75 Å². The molecule has 4 rings (SSSR count). The van der Waals surface area contributed by atoms with Gasteiger partial charge in [-0.05, 0) is 42.5 Å². The van der Waals surface area contributed by atoms with Crippen molar-refractivity contribution in [2.45, 2.75) is 38.8 Å². The second-order valence-electron chi connectivity index (χ2n) is 8.69. The Labute approximate surface area is 208 Å². The Kier molecular flexibility index (Phi) is 7.73. The van der Waals surface area contributed by atoms with Gasteiger partial charge in [-0.15, -0.1) is 0 Å². The molecule has 0 saturated carbocycles. The Morgan fingerprint density at radius 2 is 2.08 bits per heavy atom. The number of phenols is 1. The molecule has 0 radical (unpaired) electrons. The fourth-order valence-corrected chi connectivity index (χ4v) is 5.50. The van der Waals surface area contributed by atoms with E-state index < -0.39 is 39.9 Å². The summed E-state index contributed by atoms with van der Waals surface area (Å²) in [4.78, 5) is 25.5. The van der Waals surface area contributed by atoms with Gasteiger partial charge >= 0.3 is 16.3 Å². The van der Waals surface area contributed by atoms with Gasteiger partial charge in [0.05, 0.1) is 25.6 Å². The molecule has 2 amide bonds. The smallest absolute Gasteiger partial charge is 0.410 e. The van der Waals surface area contributed by atoms with Crippen molar-refractivity contribution in [2.75, 3.05) is 43.7 Å². The van der Waals surface area contributed by atoms with E-state index in [1.807, 2.05) is 6.92 Å². The number of hydrogen-bond donors (Lipinski definition) is 4. The number of benzene rings is 1. The molecule has 198 valence electrons. The first kappa shape index (κ1) is 25.8. The van der Waals surface area contributed by atoms with E-state index in [0.29, 0.717) is 55.6 Å². The predicted octanol–water partition coefficient (Wildman–Crippen LogP) is 0.644. The van der Waals surface area contributed by atoms with E-state index in [4.69, 9.17) is 9.47 Å². The second kappa shape index (κ2) is 10.8. The standard InChI is InChI=1S/C22H30FN5O7S/c1-2-15-3-4-16(35-22(31)27-5-7-34-8-6-27)12-25-21(15)24-11-14-9-17(23)20(18(29)10-14)28-13-19(30)26-36(28,32)33/h9-10,16,24-25,29H,2-8,11-13H2,1H3,(H,26,30). The molecule has 2 saturated heterocycles. The number of carbonyl (C=O) groups is 2. The Morgan fingerprint density at radius 3 is 2.72 bits per heavy atom. The van der Waals surface area contributed by atoms with Crippen molar-refractivity contribution >= 4 is 27.9 Å². The van der Waals surface area contributed by atoms with E-state index in [0.717, 1.165) is 23.9 Å². The number of rotatable bonds is 6. The summed E-state index contributed by atoms with van der Waals surface area (Å²) in [7, 11) is -4.26. The maximum Gasteiger partial charge on any atom is 0.410 e. The molecule has 3 heterocycles. The number of allylic oxidation sites excluding steroid dienone is 1. The van der Waals surface area contributed by atoms with E-state index in [-0.39, 0.29) is 18.7 Å². The fraction of sp³-hybridized carbons (Fsp3) is 0.545. The van der Waals surface area contributed by atoms with Crippen molar-refractivity contribution < 1.29 is 37.0 Å². The van der Waals surface area contributed by atoms with Gasteiger partial charge in [-0.1, -0.05) is 6.92 Å². The molecular formula is C22H30FN5O7S. The molecule has 1 atom stereocenters. The lowest BCUT2D eigenvalue weighted by Crippen LogP contribution is -2.43. The number of aromatic hydroxyl groups is 1. The summed E-state index contributed by atoms with van der Waals surface area (Å²) in [6.07, 6.45) is 1.41. The molecule has 1 aromatic carbocycles. The van der Waals surface area contributed by atoms with E-state index in [2.05, 4.69) is 10.6 Å². The first-order valence-corrected chi connectivity index (χ1v) is 13.2. The lowest BCUT2D eigenvalue weighted by molar-refractivity contribution is -0.117. The number of anilines is 1. The van der Waals surface area contributed by atoms with Crippen LogP contribution >= 0.6 is 0 Å².